The summed E-state index contributed by atoms with van der Waals surface area (Å²) in [5.41, 5.74) is 2.29. The van der Waals surface area contributed by atoms with Gasteiger partial charge in [0.2, 0.25) is 5.91 Å². The molecule has 0 aliphatic heterocycles. The summed E-state index contributed by atoms with van der Waals surface area (Å²) in [5.74, 6) is 4.71. The van der Waals surface area contributed by atoms with Crippen molar-refractivity contribution < 1.29 is 57.7 Å². The molecule has 0 radical (unpaired) electrons. The lowest BCUT2D eigenvalue weighted by atomic mass is 9.47. The fourth-order valence-corrected chi connectivity index (χ4v) is 11.2. The van der Waals surface area contributed by atoms with E-state index in [0.717, 1.165) is 54.8 Å². The molecule has 62 heavy (non-hydrogen) atoms. The number of rotatable bonds is 33. The normalized spacial score (nSPS) is 27.4. The van der Waals surface area contributed by atoms with Crippen LogP contribution in [0.4, 0.5) is 4.79 Å². The Balaban J connectivity index is 0.912. The number of ether oxygens (including phenoxy) is 8. The van der Waals surface area contributed by atoms with E-state index in [1.807, 2.05) is 0 Å². The van der Waals surface area contributed by atoms with Crippen LogP contribution in [-0.2, 0) is 42.7 Å². The van der Waals surface area contributed by atoms with E-state index >= 15 is 0 Å². The van der Waals surface area contributed by atoms with E-state index in [-0.39, 0.29) is 36.4 Å². The minimum atomic E-state index is -1.47. The van der Waals surface area contributed by atoms with Crippen LogP contribution in [0.1, 0.15) is 118 Å². The van der Waals surface area contributed by atoms with Gasteiger partial charge in [0.05, 0.1) is 92.5 Å². The molecule has 14 heteroatoms. The van der Waals surface area contributed by atoms with Crippen LogP contribution in [0.2, 0.25) is 0 Å². The molecule has 0 heterocycles. The van der Waals surface area contributed by atoms with Gasteiger partial charge < -0.3 is 58.7 Å². The molecule has 0 aromatic heterocycles. The number of nitrogens with one attached hydrogen (secondary N) is 2. The minimum absolute atomic E-state index is 0.0129. The third-order valence-corrected chi connectivity index (χ3v) is 14.5. The van der Waals surface area contributed by atoms with Crippen molar-refractivity contribution >= 4 is 12.0 Å². The summed E-state index contributed by atoms with van der Waals surface area (Å²) in [7, 11) is 0. The summed E-state index contributed by atoms with van der Waals surface area (Å²) < 4.78 is 44.5. The van der Waals surface area contributed by atoms with E-state index in [1.54, 1.807) is 5.57 Å². The number of amides is 2. The Morgan fingerprint density at radius 1 is 0.677 bits per heavy atom. The molecular formula is C48H86N2O12. The van der Waals surface area contributed by atoms with Gasteiger partial charge in [0.25, 0.3) is 0 Å². The molecular weight excluding hydrogens is 797 g/mol. The van der Waals surface area contributed by atoms with Crippen molar-refractivity contribution in [1.82, 2.24) is 10.6 Å². The number of carbonyl (C=O) groups excluding carboxylic acids is 2. The topological polar surface area (TPSA) is 172 Å². The van der Waals surface area contributed by atoms with Gasteiger partial charge in [0.1, 0.15) is 6.10 Å². The third kappa shape index (κ3) is 17.8. The van der Waals surface area contributed by atoms with Crippen molar-refractivity contribution in [2.75, 3.05) is 106 Å². The lowest BCUT2D eigenvalue weighted by molar-refractivity contribution is -0.123. The van der Waals surface area contributed by atoms with Crippen molar-refractivity contribution in [3.63, 3.8) is 0 Å². The van der Waals surface area contributed by atoms with E-state index in [2.05, 4.69) is 51.3 Å². The molecule has 4 aliphatic rings. The largest absolute Gasteiger partial charge is 0.446 e. The Labute approximate surface area is 373 Å². The molecule has 3 fully saturated rings. The second-order valence-electron chi connectivity index (χ2n) is 19.1. The molecule has 360 valence electrons. The fraction of sp³-hybridized carbons (Fsp3) is 0.917. The average Bonchev–Trinajstić information content (AvgIpc) is 3.60. The number of carbonyl (C=O) groups is 2. The Morgan fingerprint density at radius 2 is 1.23 bits per heavy atom. The van der Waals surface area contributed by atoms with Gasteiger partial charge in [-0.25, -0.2) is 4.79 Å². The first kappa shape index (κ1) is 52.7. The van der Waals surface area contributed by atoms with Gasteiger partial charge in [-0.05, 0) is 91.3 Å². The third-order valence-electron chi connectivity index (χ3n) is 14.5. The summed E-state index contributed by atoms with van der Waals surface area (Å²) in [4.78, 5) is 24.1. The molecule has 2 amide bonds. The lowest BCUT2D eigenvalue weighted by Gasteiger charge is -2.58. The van der Waals surface area contributed by atoms with Crippen LogP contribution in [0.3, 0.4) is 0 Å². The second-order valence-corrected chi connectivity index (χ2v) is 19.1. The van der Waals surface area contributed by atoms with Crippen LogP contribution in [0.15, 0.2) is 11.6 Å². The Hall–Kier alpha value is -1.88. The fourth-order valence-electron chi connectivity index (χ4n) is 11.2. The number of allylic oxidation sites excluding steroid dienone is 1. The molecule has 14 nitrogen and oxygen atoms in total. The highest BCUT2D eigenvalue weighted by molar-refractivity contribution is 5.75. The van der Waals surface area contributed by atoms with Crippen molar-refractivity contribution in [1.29, 1.82) is 0 Å². The first-order chi connectivity index (χ1) is 29.9. The summed E-state index contributed by atoms with van der Waals surface area (Å²) in [6.07, 6.45) is 14.6. The van der Waals surface area contributed by atoms with Crippen LogP contribution in [0, 0.1) is 46.3 Å². The molecule has 4 N–H and O–H groups in total. The van der Waals surface area contributed by atoms with Crippen LogP contribution >= 0.6 is 0 Å². The number of alkyl carbamates (subject to hydrolysis) is 1. The number of aliphatic hydroxyl groups excluding tert-OH is 1. The van der Waals surface area contributed by atoms with E-state index in [4.69, 9.17) is 48.1 Å². The van der Waals surface area contributed by atoms with E-state index in [1.165, 1.54) is 51.4 Å². The zero-order chi connectivity index (χ0) is 44.6. The van der Waals surface area contributed by atoms with Crippen LogP contribution in [0.25, 0.3) is 0 Å². The molecule has 0 aromatic carbocycles. The molecule has 0 aromatic rings. The number of aliphatic hydroxyl groups is 2. The minimum Gasteiger partial charge on any atom is -0.446 e. The predicted molar refractivity (Wildman–Crippen MR) is 238 cm³/mol. The molecule has 0 bridgehead atoms. The molecule has 3 saturated carbocycles. The number of fused-ring (bicyclic) bond motifs is 5. The summed E-state index contributed by atoms with van der Waals surface area (Å²) >= 11 is 0. The molecule has 0 spiro atoms. The monoisotopic (exact) mass is 883 g/mol. The van der Waals surface area contributed by atoms with Crippen LogP contribution in [-0.4, -0.2) is 140 Å². The van der Waals surface area contributed by atoms with Gasteiger partial charge in [0.15, 0.2) is 6.29 Å². The second kappa shape index (κ2) is 28.9. The van der Waals surface area contributed by atoms with Crippen molar-refractivity contribution in [2.24, 2.45) is 46.3 Å². The van der Waals surface area contributed by atoms with Gasteiger partial charge >= 0.3 is 6.09 Å². The molecule has 4 rings (SSSR count). The maximum Gasteiger partial charge on any atom is 0.407 e. The zero-order valence-electron chi connectivity index (χ0n) is 39.2. The number of hydrogen-bond acceptors (Lipinski definition) is 12. The quantitative estimate of drug-likeness (QED) is 0.0323. The lowest BCUT2D eigenvalue weighted by Crippen LogP contribution is -2.51. The van der Waals surface area contributed by atoms with Crippen LogP contribution in [0.5, 0.6) is 0 Å². The molecule has 4 aliphatic carbocycles. The van der Waals surface area contributed by atoms with E-state index in [0.29, 0.717) is 111 Å². The summed E-state index contributed by atoms with van der Waals surface area (Å²) in [6, 6.07) is 0. The zero-order valence-corrected chi connectivity index (χ0v) is 39.2. The predicted octanol–water partition coefficient (Wildman–Crippen LogP) is 6.45. The summed E-state index contributed by atoms with van der Waals surface area (Å²) in [5, 5.41) is 23.0. The van der Waals surface area contributed by atoms with Crippen molar-refractivity contribution in [2.45, 2.75) is 130 Å². The van der Waals surface area contributed by atoms with Gasteiger partial charge in [0, 0.05) is 32.4 Å². The average molecular weight is 883 g/mol. The number of hydrogen-bond donors (Lipinski definition) is 4. The first-order valence-corrected chi connectivity index (χ1v) is 24.2. The highest BCUT2D eigenvalue weighted by Crippen LogP contribution is 2.67. The first-order valence-electron chi connectivity index (χ1n) is 24.2. The molecule has 0 unspecified atom stereocenters. The standard InChI is InChI=1S/C48H86N2O12/c1-36(2)7-6-8-37(3)41-11-12-42-40-10-9-38-35-39(15-17-47(38,4)43(40)16-18-48(41,42)5)62-46(54)50-20-22-56-24-26-58-28-30-60-32-34-61-33-31-59-29-27-57-25-23-55-21-19-49-44(51)13-14-45(52)53/h9,36-37,39-43,45,52-53H,6-8,10-35H2,1-5H3,(H,49,51)(H,50,54)/t37-,39+,40+,41-,42+,43+,47+,48-/m1/s1. The highest BCUT2D eigenvalue weighted by Gasteiger charge is 2.59. The maximum absolute atomic E-state index is 12.7. The van der Waals surface area contributed by atoms with Gasteiger partial charge in [-0.3, -0.25) is 4.79 Å². The Morgan fingerprint density at radius 3 is 1.77 bits per heavy atom. The van der Waals surface area contributed by atoms with Gasteiger partial charge in [-0.1, -0.05) is 65.5 Å². The molecule has 8 atom stereocenters. The summed E-state index contributed by atoms with van der Waals surface area (Å²) in [6.45, 7) is 19.4. The highest BCUT2D eigenvalue weighted by atomic mass is 16.6. The Bertz CT molecular complexity index is 1290. The van der Waals surface area contributed by atoms with Crippen molar-refractivity contribution in [3.8, 4) is 0 Å². The van der Waals surface area contributed by atoms with E-state index < -0.39 is 6.29 Å². The SMILES string of the molecule is CC(C)CCC[C@@H](C)[C@H]1CC[C@H]2[C@@H]3CC=C4C[C@@H](OC(=O)NCCOCCOCCOCCOCCOCCOCCOCCNC(=O)CCC(O)O)CC[C@]4(C)[C@H]3CC[C@]12C. The Kier molecular flexibility index (Phi) is 24.6. The van der Waals surface area contributed by atoms with Gasteiger partial charge in [-0.2, -0.15) is 0 Å². The van der Waals surface area contributed by atoms with E-state index in [9.17, 15) is 9.59 Å². The van der Waals surface area contributed by atoms with Crippen molar-refractivity contribution in [3.05, 3.63) is 11.6 Å². The maximum atomic E-state index is 12.7. The molecule has 0 saturated heterocycles. The van der Waals surface area contributed by atoms with Crippen LogP contribution < -0.4 is 10.6 Å². The smallest absolute Gasteiger partial charge is 0.407 e. The van der Waals surface area contributed by atoms with Gasteiger partial charge in [-0.15, -0.1) is 0 Å².